The Morgan fingerprint density at radius 3 is 2.57 bits per heavy atom. The highest BCUT2D eigenvalue weighted by Crippen LogP contribution is 2.28. The number of piperidine rings is 1. The number of nitrogens with zero attached hydrogens (tertiary/aromatic N) is 2. The zero-order valence-electron chi connectivity index (χ0n) is 12.9. The molecule has 0 amide bonds. The van der Waals surface area contributed by atoms with Gasteiger partial charge in [-0.2, -0.15) is 0 Å². The lowest BCUT2D eigenvalue weighted by Crippen LogP contribution is -2.41. The molecule has 1 aromatic carbocycles. The number of hydrogen-bond acceptors (Lipinski definition) is 3. The number of benzene rings is 1. The first-order valence-corrected chi connectivity index (χ1v) is 7.93. The molecule has 1 atom stereocenters. The largest absolute Gasteiger partial charge is 0.329 e. The van der Waals surface area contributed by atoms with Crippen LogP contribution in [0.2, 0.25) is 5.02 Å². The van der Waals surface area contributed by atoms with Crippen molar-refractivity contribution in [3.63, 3.8) is 0 Å². The molecule has 1 aromatic rings. The van der Waals surface area contributed by atoms with Crippen LogP contribution in [0.25, 0.3) is 0 Å². The van der Waals surface area contributed by atoms with E-state index in [0.717, 1.165) is 31.1 Å². The maximum Gasteiger partial charge on any atom is 0.142 e. The summed E-state index contributed by atoms with van der Waals surface area (Å²) in [4.78, 5) is 4.62. The molecule has 0 saturated carbocycles. The highest BCUT2D eigenvalue weighted by atomic mass is 35.5. The number of nitrogens with two attached hydrogens (primary N) is 1. The van der Waals surface area contributed by atoms with E-state index >= 15 is 0 Å². The fourth-order valence-corrected chi connectivity index (χ4v) is 3.30. The second-order valence-corrected chi connectivity index (χ2v) is 6.57. The first kappa shape index (κ1) is 16.7. The van der Waals surface area contributed by atoms with Gasteiger partial charge in [0.2, 0.25) is 0 Å². The molecule has 3 nitrogen and oxygen atoms in total. The van der Waals surface area contributed by atoms with Crippen LogP contribution in [-0.4, -0.2) is 50.1 Å². The summed E-state index contributed by atoms with van der Waals surface area (Å²) in [6.07, 6.45) is 2.34. The fraction of sp³-hybridized carbons (Fsp3) is 0.625. The van der Waals surface area contributed by atoms with Crippen molar-refractivity contribution in [2.75, 3.05) is 40.3 Å². The average Bonchev–Trinajstić information content (AvgIpc) is 2.45. The number of likely N-dealkylation sites (tertiary alicyclic amines) is 1. The fourth-order valence-electron chi connectivity index (χ4n) is 3.18. The van der Waals surface area contributed by atoms with Gasteiger partial charge in [0.1, 0.15) is 5.82 Å². The third kappa shape index (κ3) is 4.39. The van der Waals surface area contributed by atoms with E-state index in [2.05, 4.69) is 23.9 Å². The van der Waals surface area contributed by atoms with Crippen LogP contribution in [0.5, 0.6) is 0 Å². The predicted octanol–water partition coefficient (Wildman–Crippen LogP) is 2.75. The Morgan fingerprint density at radius 2 is 2.05 bits per heavy atom. The summed E-state index contributed by atoms with van der Waals surface area (Å²) in [6, 6.07) is 5.10. The van der Waals surface area contributed by atoms with Crippen LogP contribution in [0.3, 0.4) is 0 Å². The summed E-state index contributed by atoms with van der Waals surface area (Å²) in [5.41, 5.74) is 6.86. The zero-order chi connectivity index (χ0) is 15.4. The maximum absolute atomic E-state index is 13.7. The molecule has 0 aliphatic carbocycles. The van der Waals surface area contributed by atoms with Gasteiger partial charge >= 0.3 is 0 Å². The summed E-state index contributed by atoms with van der Waals surface area (Å²) < 4.78 is 13.7. The van der Waals surface area contributed by atoms with Gasteiger partial charge in [0, 0.05) is 19.1 Å². The van der Waals surface area contributed by atoms with Gasteiger partial charge in [-0.05, 0) is 63.6 Å². The van der Waals surface area contributed by atoms with E-state index in [0.29, 0.717) is 6.54 Å². The highest BCUT2D eigenvalue weighted by Gasteiger charge is 2.26. The Labute approximate surface area is 131 Å². The number of rotatable bonds is 5. The molecular formula is C16H25ClFN3. The molecule has 1 aliphatic heterocycles. The smallest absolute Gasteiger partial charge is 0.142 e. The minimum absolute atomic E-state index is 0.0806. The van der Waals surface area contributed by atoms with Crippen LogP contribution in [-0.2, 0) is 0 Å². The first-order valence-electron chi connectivity index (χ1n) is 7.55. The Bertz CT molecular complexity index is 459. The van der Waals surface area contributed by atoms with Gasteiger partial charge in [-0.3, -0.25) is 4.90 Å². The number of halogens is 2. The SMILES string of the molecule is CN(C)CC1CCN(C(CN)c2ccc(Cl)c(F)c2)CC1. The van der Waals surface area contributed by atoms with E-state index in [9.17, 15) is 4.39 Å². The van der Waals surface area contributed by atoms with Crippen molar-refractivity contribution < 1.29 is 4.39 Å². The topological polar surface area (TPSA) is 32.5 Å². The van der Waals surface area contributed by atoms with Crippen molar-refractivity contribution in [3.05, 3.63) is 34.6 Å². The van der Waals surface area contributed by atoms with E-state index < -0.39 is 0 Å². The molecule has 21 heavy (non-hydrogen) atoms. The summed E-state index contributed by atoms with van der Waals surface area (Å²) in [7, 11) is 4.23. The Balaban J connectivity index is 2.00. The average molecular weight is 314 g/mol. The summed E-state index contributed by atoms with van der Waals surface area (Å²) in [5.74, 6) is 0.381. The molecule has 0 radical (unpaired) electrons. The van der Waals surface area contributed by atoms with Crippen molar-refractivity contribution in [3.8, 4) is 0 Å². The van der Waals surface area contributed by atoms with Crippen molar-refractivity contribution in [1.82, 2.24) is 9.80 Å². The minimum Gasteiger partial charge on any atom is -0.329 e. The van der Waals surface area contributed by atoms with Crippen LogP contribution in [0.4, 0.5) is 4.39 Å². The van der Waals surface area contributed by atoms with E-state index in [1.54, 1.807) is 6.07 Å². The van der Waals surface area contributed by atoms with Gasteiger partial charge in [-0.15, -0.1) is 0 Å². The van der Waals surface area contributed by atoms with Gasteiger partial charge < -0.3 is 10.6 Å². The molecule has 2 rings (SSSR count). The van der Waals surface area contributed by atoms with Gasteiger partial charge in [0.15, 0.2) is 0 Å². The Kier molecular flexibility index (Phi) is 5.99. The molecule has 1 unspecified atom stereocenters. The molecule has 0 spiro atoms. The van der Waals surface area contributed by atoms with Crippen LogP contribution in [0.15, 0.2) is 18.2 Å². The highest BCUT2D eigenvalue weighted by molar-refractivity contribution is 6.30. The van der Waals surface area contributed by atoms with Crippen molar-refractivity contribution >= 4 is 11.6 Å². The van der Waals surface area contributed by atoms with Gasteiger partial charge in [0.05, 0.1) is 5.02 Å². The third-order valence-electron chi connectivity index (χ3n) is 4.26. The second kappa shape index (κ2) is 7.54. The van der Waals surface area contributed by atoms with E-state index in [1.165, 1.54) is 18.9 Å². The summed E-state index contributed by atoms with van der Waals surface area (Å²) in [5, 5.41) is 0.166. The van der Waals surface area contributed by atoms with E-state index in [4.69, 9.17) is 17.3 Å². The standard InChI is InChI=1S/C16H25ClFN3/c1-20(2)11-12-5-7-21(8-6-12)16(10-19)13-3-4-14(17)15(18)9-13/h3-4,9,12,16H,5-8,10-11,19H2,1-2H3. The quantitative estimate of drug-likeness (QED) is 0.907. The van der Waals surface area contributed by atoms with Crippen LogP contribution < -0.4 is 5.73 Å². The van der Waals surface area contributed by atoms with Crippen LogP contribution in [0.1, 0.15) is 24.4 Å². The minimum atomic E-state index is -0.366. The lowest BCUT2D eigenvalue weighted by Gasteiger charge is -2.38. The zero-order valence-corrected chi connectivity index (χ0v) is 13.6. The van der Waals surface area contributed by atoms with Gasteiger partial charge in [0.25, 0.3) is 0 Å². The van der Waals surface area contributed by atoms with Crippen LogP contribution >= 0.6 is 11.6 Å². The third-order valence-corrected chi connectivity index (χ3v) is 4.57. The van der Waals surface area contributed by atoms with E-state index in [1.807, 2.05) is 6.07 Å². The molecular weight excluding hydrogens is 289 g/mol. The molecule has 1 saturated heterocycles. The maximum atomic E-state index is 13.7. The lowest BCUT2D eigenvalue weighted by atomic mass is 9.94. The molecule has 2 N–H and O–H groups in total. The normalized spacial score (nSPS) is 19.1. The Morgan fingerprint density at radius 1 is 1.38 bits per heavy atom. The molecule has 0 aromatic heterocycles. The molecule has 5 heteroatoms. The molecule has 1 aliphatic rings. The predicted molar refractivity (Wildman–Crippen MR) is 86.1 cm³/mol. The summed E-state index contributed by atoms with van der Waals surface area (Å²) >= 11 is 5.76. The number of hydrogen-bond donors (Lipinski definition) is 1. The van der Waals surface area contributed by atoms with Crippen molar-refractivity contribution in [2.24, 2.45) is 11.7 Å². The summed E-state index contributed by atoms with van der Waals surface area (Å²) in [6.45, 7) is 3.67. The van der Waals surface area contributed by atoms with Gasteiger partial charge in [-0.1, -0.05) is 17.7 Å². The Hall–Kier alpha value is -0.680. The first-order chi connectivity index (χ1) is 10.0. The van der Waals surface area contributed by atoms with Crippen molar-refractivity contribution in [1.29, 1.82) is 0 Å². The molecule has 1 fully saturated rings. The molecule has 118 valence electrons. The second-order valence-electron chi connectivity index (χ2n) is 6.17. The van der Waals surface area contributed by atoms with Crippen LogP contribution in [0, 0.1) is 11.7 Å². The molecule has 1 heterocycles. The lowest BCUT2D eigenvalue weighted by molar-refractivity contribution is 0.122. The monoisotopic (exact) mass is 313 g/mol. The van der Waals surface area contributed by atoms with E-state index in [-0.39, 0.29) is 16.9 Å². The molecule has 0 bridgehead atoms. The van der Waals surface area contributed by atoms with Crippen molar-refractivity contribution in [2.45, 2.75) is 18.9 Å². The van der Waals surface area contributed by atoms with Gasteiger partial charge in [-0.25, -0.2) is 4.39 Å².